The molecule has 33 heavy (non-hydrogen) atoms. The Hall–Kier alpha value is -3.61. The first kappa shape index (κ1) is 22.6. The van der Waals surface area contributed by atoms with E-state index in [1.807, 2.05) is 36.4 Å². The average Bonchev–Trinajstić information content (AvgIpc) is 3.30. The van der Waals surface area contributed by atoms with Crippen molar-refractivity contribution in [2.45, 2.75) is 32.3 Å². The predicted octanol–water partition coefficient (Wildman–Crippen LogP) is 4.87. The Morgan fingerprint density at radius 2 is 1.73 bits per heavy atom. The number of esters is 1. The van der Waals surface area contributed by atoms with Crippen LogP contribution in [0.1, 0.15) is 52.0 Å². The number of alkyl carbamates (subject to hydrolysis) is 1. The van der Waals surface area contributed by atoms with E-state index in [-0.39, 0.29) is 18.3 Å². The number of amides is 1. The van der Waals surface area contributed by atoms with Gasteiger partial charge in [-0.3, -0.25) is 4.79 Å². The number of aromatic amines is 1. The summed E-state index contributed by atoms with van der Waals surface area (Å²) in [6.45, 7) is 0.778. The van der Waals surface area contributed by atoms with Gasteiger partial charge in [-0.1, -0.05) is 36.4 Å². The molecule has 0 radical (unpaired) electrons. The first-order valence-electron chi connectivity index (χ1n) is 11.2. The molecule has 1 aliphatic rings. The molecule has 1 aromatic heterocycles. The topological polar surface area (TPSA) is 97.5 Å². The minimum absolute atomic E-state index is 0.0475. The molecule has 0 atom stereocenters. The molecule has 2 aromatic carbocycles. The summed E-state index contributed by atoms with van der Waals surface area (Å²) >= 11 is 0. The zero-order chi connectivity index (χ0) is 23.2. The molecular weight excluding hydrogens is 420 g/mol. The molecule has 0 spiro atoms. The Kier molecular flexibility index (Phi) is 7.07. The van der Waals surface area contributed by atoms with Crippen LogP contribution in [0.5, 0.6) is 0 Å². The van der Waals surface area contributed by atoms with Gasteiger partial charge in [0.1, 0.15) is 6.61 Å². The third-order valence-electron chi connectivity index (χ3n) is 6.34. The van der Waals surface area contributed by atoms with Gasteiger partial charge >= 0.3 is 12.1 Å². The van der Waals surface area contributed by atoms with Crippen LogP contribution < -0.4 is 5.32 Å². The van der Waals surface area contributed by atoms with Gasteiger partial charge in [0, 0.05) is 35.1 Å². The number of ketones is 1. The van der Waals surface area contributed by atoms with Crippen molar-refractivity contribution in [2.75, 3.05) is 13.7 Å². The maximum atomic E-state index is 13.3. The number of carbonyl (C=O) groups is 3. The number of nitrogens with one attached hydrogen (secondary N) is 2. The predicted molar refractivity (Wildman–Crippen MR) is 124 cm³/mol. The molecule has 7 nitrogen and oxygen atoms in total. The Labute approximate surface area is 192 Å². The summed E-state index contributed by atoms with van der Waals surface area (Å²) in [5, 5.41) is 3.47. The average molecular weight is 449 g/mol. The first-order valence-corrected chi connectivity index (χ1v) is 11.2. The van der Waals surface area contributed by atoms with Gasteiger partial charge in [-0.15, -0.1) is 0 Å². The van der Waals surface area contributed by atoms with Crippen molar-refractivity contribution in [2.24, 2.45) is 11.8 Å². The van der Waals surface area contributed by atoms with E-state index in [2.05, 4.69) is 10.3 Å². The summed E-state index contributed by atoms with van der Waals surface area (Å²) in [6.07, 6.45) is 4.46. The van der Waals surface area contributed by atoms with Crippen LogP contribution in [0, 0.1) is 11.8 Å². The van der Waals surface area contributed by atoms with Gasteiger partial charge < -0.3 is 19.8 Å². The van der Waals surface area contributed by atoms with Crippen molar-refractivity contribution in [3.05, 3.63) is 71.4 Å². The molecule has 0 saturated heterocycles. The van der Waals surface area contributed by atoms with E-state index in [1.54, 1.807) is 18.3 Å². The molecule has 0 bridgehead atoms. The number of hydrogen-bond acceptors (Lipinski definition) is 5. The van der Waals surface area contributed by atoms with Gasteiger partial charge in [0.15, 0.2) is 5.78 Å². The molecule has 1 aliphatic carbocycles. The summed E-state index contributed by atoms with van der Waals surface area (Å²) in [6, 6.07) is 14.8. The number of ether oxygens (including phenoxy) is 2. The minimum Gasteiger partial charge on any atom is -0.465 e. The lowest BCUT2D eigenvalue weighted by Crippen LogP contribution is -2.32. The number of H-pyrrole nitrogens is 1. The van der Waals surface area contributed by atoms with Crippen molar-refractivity contribution in [3.8, 4) is 0 Å². The number of carbonyl (C=O) groups excluding carboxylic acids is 3. The lowest BCUT2D eigenvalue weighted by Gasteiger charge is -2.27. The quantitative estimate of drug-likeness (QED) is 0.397. The maximum absolute atomic E-state index is 13.3. The van der Waals surface area contributed by atoms with E-state index < -0.39 is 12.1 Å². The Morgan fingerprint density at radius 1 is 0.970 bits per heavy atom. The summed E-state index contributed by atoms with van der Waals surface area (Å²) in [5.74, 6) is -0.197. The third-order valence-corrected chi connectivity index (χ3v) is 6.34. The van der Waals surface area contributed by atoms with E-state index in [0.29, 0.717) is 29.0 Å². The molecule has 2 N–H and O–H groups in total. The smallest absolute Gasteiger partial charge is 0.407 e. The van der Waals surface area contributed by atoms with E-state index in [1.165, 1.54) is 7.11 Å². The van der Waals surface area contributed by atoms with Gasteiger partial charge in [-0.25, -0.2) is 9.59 Å². The lowest BCUT2D eigenvalue weighted by molar-refractivity contribution is 0.0603. The minimum atomic E-state index is -0.455. The summed E-state index contributed by atoms with van der Waals surface area (Å²) in [5.41, 5.74) is 2.62. The highest BCUT2D eigenvalue weighted by molar-refractivity contribution is 6.15. The fourth-order valence-corrected chi connectivity index (χ4v) is 4.51. The van der Waals surface area contributed by atoms with Crippen LogP contribution in [0.3, 0.4) is 0 Å². The number of benzene rings is 2. The number of Topliss-reactive ketones (excluding diaryl/α,β-unsaturated/α-hetero) is 1. The van der Waals surface area contributed by atoms with Crippen molar-refractivity contribution < 1.29 is 23.9 Å². The van der Waals surface area contributed by atoms with Crippen LogP contribution in [0.2, 0.25) is 0 Å². The molecule has 0 unspecified atom stereocenters. The number of hydrogen-bond donors (Lipinski definition) is 2. The standard InChI is InChI=1S/C26H28N2O5/c1-32-25(30)20-8-5-9-22-23(20)21(15-27-22)24(29)19-12-10-17(11-13-19)14-28-26(31)33-16-18-6-3-2-4-7-18/h2-9,15,17,19,27H,10-14,16H2,1H3,(H,28,31)/t17-,19-. The van der Waals surface area contributed by atoms with Crippen LogP contribution in [-0.4, -0.2) is 36.5 Å². The van der Waals surface area contributed by atoms with E-state index in [0.717, 1.165) is 36.8 Å². The number of rotatable bonds is 7. The van der Waals surface area contributed by atoms with Crippen molar-refractivity contribution in [1.82, 2.24) is 10.3 Å². The number of fused-ring (bicyclic) bond motifs is 1. The number of aromatic nitrogens is 1. The van der Waals surface area contributed by atoms with Gasteiger partial charge in [0.05, 0.1) is 12.7 Å². The van der Waals surface area contributed by atoms with Gasteiger partial charge in [-0.2, -0.15) is 0 Å². The largest absolute Gasteiger partial charge is 0.465 e. The fraction of sp³-hybridized carbons (Fsp3) is 0.346. The molecule has 1 heterocycles. The molecule has 1 saturated carbocycles. The molecule has 0 aliphatic heterocycles. The Balaban J connectivity index is 1.30. The van der Waals surface area contributed by atoms with E-state index in [9.17, 15) is 14.4 Å². The van der Waals surface area contributed by atoms with Crippen LogP contribution in [0.15, 0.2) is 54.7 Å². The van der Waals surface area contributed by atoms with Gasteiger partial charge in [0.25, 0.3) is 0 Å². The van der Waals surface area contributed by atoms with E-state index >= 15 is 0 Å². The second-order valence-electron chi connectivity index (χ2n) is 8.45. The molecule has 7 heteroatoms. The van der Waals surface area contributed by atoms with Gasteiger partial charge in [-0.05, 0) is 49.3 Å². The monoisotopic (exact) mass is 448 g/mol. The molecule has 4 rings (SSSR count). The second kappa shape index (κ2) is 10.3. The highest BCUT2D eigenvalue weighted by Gasteiger charge is 2.29. The normalized spacial score (nSPS) is 18.0. The second-order valence-corrected chi connectivity index (χ2v) is 8.45. The highest BCUT2D eigenvalue weighted by Crippen LogP contribution is 2.33. The van der Waals surface area contributed by atoms with Gasteiger partial charge in [0.2, 0.25) is 0 Å². The summed E-state index contributed by atoms with van der Waals surface area (Å²) < 4.78 is 10.2. The van der Waals surface area contributed by atoms with Crippen molar-refractivity contribution in [3.63, 3.8) is 0 Å². The third kappa shape index (κ3) is 5.25. The molecule has 1 amide bonds. The molecule has 172 valence electrons. The first-order chi connectivity index (χ1) is 16.1. The maximum Gasteiger partial charge on any atom is 0.407 e. The van der Waals surface area contributed by atoms with Crippen LogP contribution in [-0.2, 0) is 16.1 Å². The SMILES string of the molecule is COC(=O)c1cccc2[nH]cc(C(=O)[C@H]3CC[C@H](CNC(=O)OCc4ccccc4)CC3)c12. The van der Waals surface area contributed by atoms with Crippen LogP contribution in [0.25, 0.3) is 10.9 Å². The van der Waals surface area contributed by atoms with Crippen molar-refractivity contribution >= 4 is 28.7 Å². The summed E-state index contributed by atoms with van der Waals surface area (Å²) in [4.78, 5) is 40.5. The van der Waals surface area contributed by atoms with Crippen LogP contribution >= 0.6 is 0 Å². The molecular formula is C26H28N2O5. The summed E-state index contributed by atoms with van der Waals surface area (Å²) in [7, 11) is 1.34. The van der Waals surface area contributed by atoms with E-state index in [4.69, 9.17) is 9.47 Å². The zero-order valence-electron chi connectivity index (χ0n) is 18.6. The van der Waals surface area contributed by atoms with Crippen molar-refractivity contribution in [1.29, 1.82) is 0 Å². The fourth-order valence-electron chi connectivity index (χ4n) is 4.51. The Morgan fingerprint density at radius 3 is 2.45 bits per heavy atom. The molecule has 3 aromatic rings. The zero-order valence-corrected chi connectivity index (χ0v) is 18.6. The number of methoxy groups -OCH3 is 1. The Bertz CT molecular complexity index is 1130. The molecule has 1 fully saturated rings. The lowest BCUT2D eigenvalue weighted by atomic mass is 9.78. The highest BCUT2D eigenvalue weighted by atomic mass is 16.5. The van der Waals surface area contributed by atoms with Crippen LogP contribution in [0.4, 0.5) is 4.79 Å².